The van der Waals surface area contributed by atoms with Gasteiger partial charge in [-0.2, -0.15) is 0 Å². The van der Waals surface area contributed by atoms with Crippen molar-refractivity contribution in [3.8, 4) is 0 Å². The van der Waals surface area contributed by atoms with Crippen LogP contribution in [0, 0.1) is 6.92 Å². The van der Waals surface area contributed by atoms with E-state index in [9.17, 15) is 4.79 Å². The highest BCUT2D eigenvalue weighted by Gasteiger charge is 2.18. The van der Waals surface area contributed by atoms with Crippen LogP contribution < -0.4 is 10.6 Å². The Labute approximate surface area is 154 Å². The predicted molar refractivity (Wildman–Crippen MR) is 104 cm³/mol. The Morgan fingerprint density at radius 2 is 1.96 bits per heavy atom. The lowest BCUT2D eigenvalue weighted by molar-refractivity contribution is 0.0956. The summed E-state index contributed by atoms with van der Waals surface area (Å²) in [6.07, 6.45) is 8.26. The molecule has 1 heterocycles. The molecule has 1 fully saturated rings. The van der Waals surface area contributed by atoms with Crippen molar-refractivity contribution < 1.29 is 4.79 Å². The third-order valence-electron chi connectivity index (χ3n) is 4.71. The molecule has 0 unspecified atom stereocenters. The van der Waals surface area contributed by atoms with E-state index in [2.05, 4.69) is 39.9 Å². The SMILES string of the molecule is Cc1nc(NC2CCCCC2)sc1C(=O)NCCCc1ccccc1. The van der Waals surface area contributed by atoms with E-state index in [1.165, 1.54) is 49.0 Å². The van der Waals surface area contributed by atoms with Crippen molar-refractivity contribution in [2.24, 2.45) is 0 Å². The minimum Gasteiger partial charge on any atom is -0.359 e. The first kappa shape index (κ1) is 17.9. The summed E-state index contributed by atoms with van der Waals surface area (Å²) in [7, 11) is 0. The maximum atomic E-state index is 12.4. The summed E-state index contributed by atoms with van der Waals surface area (Å²) in [6, 6.07) is 10.9. The van der Waals surface area contributed by atoms with E-state index < -0.39 is 0 Å². The maximum Gasteiger partial charge on any atom is 0.263 e. The molecule has 1 saturated carbocycles. The second kappa shape index (κ2) is 8.99. The Bertz CT molecular complexity index is 678. The molecule has 5 heteroatoms. The number of carbonyl (C=O) groups excluding carboxylic acids is 1. The zero-order valence-electron chi connectivity index (χ0n) is 14.9. The number of amides is 1. The minimum absolute atomic E-state index is 0.000226. The Morgan fingerprint density at radius 3 is 2.72 bits per heavy atom. The number of hydrogen-bond acceptors (Lipinski definition) is 4. The van der Waals surface area contributed by atoms with Crippen LogP contribution in [0.1, 0.15) is 59.5 Å². The van der Waals surface area contributed by atoms with Gasteiger partial charge in [0.15, 0.2) is 5.13 Å². The highest BCUT2D eigenvalue weighted by Crippen LogP contribution is 2.26. The van der Waals surface area contributed by atoms with E-state index in [1.54, 1.807) is 0 Å². The highest BCUT2D eigenvalue weighted by atomic mass is 32.1. The monoisotopic (exact) mass is 357 g/mol. The molecule has 4 nitrogen and oxygen atoms in total. The fourth-order valence-electron chi connectivity index (χ4n) is 3.31. The molecule has 2 aromatic rings. The molecule has 0 spiro atoms. The van der Waals surface area contributed by atoms with Gasteiger partial charge in [0, 0.05) is 12.6 Å². The van der Waals surface area contributed by atoms with Gasteiger partial charge in [0.1, 0.15) is 4.88 Å². The first-order valence-electron chi connectivity index (χ1n) is 9.28. The molecule has 0 bridgehead atoms. The minimum atomic E-state index is -0.000226. The summed E-state index contributed by atoms with van der Waals surface area (Å²) in [6.45, 7) is 2.61. The van der Waals surface area contributed by atoms with Crippen molar-refractivity contribution in [2.45, 2.75) is 57.9 Å². The largest absolute Gasteiger partial charge is 0.359 e. The van der Waals surface area contributed by atoms with Gasteiger partial charge < -0.3 is 10.6 Å². The highest BCUT2D eigenvalue weighted by molar-refractivity contribution is 7.17. The number of anilines is 1. The van der Waals surface area contributed by atoms with Gasteiger partial charge >= 0.3 is 0 Å². The number of rotatable bonds is 7. The van der Waals surface area contributed by atoms with Crippen LogP contribution in [-0.2, 0) is 6.42 Å². The smallest absolute Gasteiger partial charge is 0.263 e. The molecule has 1 aliphatic carbocycles. The Kier molecular flexibility index (Phi) is 6.45. The van der Waals surface area contributed by atoms with Gasteiger partial charge in [-0.1, -0.05) is 60.9 Å². The zero-order valence-corrected chi connectivity index (χ0v) is 15.7. The van der Waals surface area contributed by atoms with E-state index >= 15 is 0 Å². The van der Waals surface area contributed by atoms with Gasteiger partial charge in [-0.3, -0.25) is 4.79 Å². The van der Waals surface area contributed by atoms with Gasteiger partial charge in [-0.15, -0.1) is 0 Å². The number of aryl methyl sites for hydroxylation is 2. The second-order valence-electron chi connectivity index (χ2n) is 6.76. The average Bonchev–Trinajstić information content (AvgIpc) is 3.00. The predicted octanol–water partition coefficient (Wildman–Crippen LogP) is 4.56. The van der Waals surface area contributed by atoms with E-state index in [0.717, 1.165) is 28.5 Å². The molecule has 1 aromatic carbocycles. The molecule has 134 valence electrons. The van der Waals surface area contributed by atoms with Crippen molar-refractivity contribution in [1.82, 2.24) is 10.3 Å². The van der Waals surface area contributed by atoms with Crippen molar-refractivity contribution >= 4 is 22.4 Å². The van der Waals surface area contributed by atoms with Crippen molar-refractivity contribution in [1.29, 1.82) is 0 Å². The molecule has 0 saturated heterocycles. The molecule has 3 rings (SSSR count). The third kappa shape index (κ3) is 5.30. The molecule has 1 aliphatic rings. The molecule has 0 aliphatic heterocycles. The van der Waals surface area contributed by atoms with E-state index in [4.69, 9.17) is 0 Å². The molecule has 1 aromatic heterocycles. The van der Waals surface area contributed by atoms with Crippen molar-refractivity contribution in [3.63, 3.8) is 0 Å². The average molecular weight is 358 g/mol. The van der Waals surface area contributed by atoms with Gasteiger partial charge in [-0.25, -0.2) is 4.98 Å². The summed E-state index contributed by atoms with van der Waals surface area (Å²) < 4.78 is 0. The lowest BCUT2D eigenvalue weighted by atomic mass is 9.96. The topological polar surface area (TPSA) is 54.0 Å². The first-order valence-corrected chi connectivity index (χ1v) is 10.1. The van der Waals surface area contributed by atoms with Crippen LogP contribution in [0.3, 0.4) is 0 Å². The van der Waals surface area contributed by atoms with Crippen LogP contribution in [-0.4, -0.2) is 23.5 Å². The quantitative estimate of drug-likeness (QED) is 0.714. The standard InChI is InChI=1S/C20H27N3OS/c1-15-18(25-20(22-15)23-17-12-6-3-7-13-17)19(24)21-14-8-11-16-9-4-2-5-10-16/h2,4-5,9-10,17H,3,6-8,11-14H2,1H3,(H,21,24)(H,22,23). The summed E-state index contributed by atoms with van der Waals surface area (Å²) in [4.78, 5) is 17.7. The lowest BCUT2D eigenvalue weighted by Crippen LogP contribution is -2.24. The van der Waals surface area contributed by atoms with Gasteiger partial charge in [0.2, 0.25) is 0 Å². The lowest BCUT2D eigenvalue weighted by Gasteiger charge is -2.22. The summed E-state index contributed by atoms with van der Waals surface area (Å²) in [5.74, 6) is -0.000226. The normalized spacial score (nSPS) is 15.1. The zero-order chi connectivity index (χ0) is 17.5. The molecule has 2 N–H and O–H groups in total. The van der Waals surface area contributed by atoms with Crippen LogP contribution in [0.15, 0.2) is 30.3 Å². The van der Waals surface area contributed by atoms with Gasteiger partial charge in [0.05, 0.1) is 5.69 Å². The maximum absolute atomic E-state index is 12.4. The van der Waals surface area contributed by atoms with E-state index in [0.29, 0.717) is 12.6 Å². The molecule has 1 amide bonds. The molecular formula is C20H27N3OS. The van der Waals surface area contributed by atoms with Gasteiger partial charge in [0.25, 0.3) is 5.91 Å². The number of carbonyl (C=O) groups is 1. The molecule has 25 heavy (non-hydrogen) atoms. The fraction of sp³-hybridized carbons (Fsp3) is 0.500. The third-order valence-corrected chi connectivity index (χ3v) is 5.79. The summed E-state index contributed by atoms with van der Waals surface area (Å²) in [5, 5.41) is 7.43. The van der Waals surface area contributed by atoms with Crippen molar-refractivity contribution in [2.75, 3.05) is 11.9 Å². The number of thiazole rings is 1. The number of nitrogens with zero attached hydrogens (tertiary/aromatic N) is 1. The fourth-order valence-corrected chi connectivity index (χ4v) is 4.27. The molecule has 0 atom stereocenters. The molecular weight excluding hydrogens is 330 g/mol. The Hall–Kier alpha value is -1.88. The summed E-state index contributed by atoms with van der Waals surface area (Å²) in [5.41, 5.74) is 2.13. The second-order valence-corrected chi connectivity index (χ2v) is 7.76. The van der Waals surface area contributed by atoms with E-state index in [-0.39, 0.29) is 5.91 Å². The van der Waals surface area contributed by atoms with Crippen LogP contribution >= 0.6 is 11.3 Å². The summed E-state index contributed by atoms with van der Waals surface area (Å²) >= 11 is 1.48. The van der Waals surface area contributed by atoms with Crippen LogP contribution in [0.4, 0.5) is 5.13 Å². The molecule has 0 radical (unpaired) electrons. The number of hydrogen-bond donors (Lipinski definition) is 2. The number of benzene rings is 1. The Balaban J connectivity index is 1.46. The van der Waals surface area contributed by atoms with Crippen LogP contribution in [0.5, 0.6) is 0 Å². The van der Waals surface area contributed by atoms with Gasteiger partial charge in [-0.05, 0) is 38.2 Å². The van der Waals surface area contributed by atoms with E-state index in [1.807, 2.05) is 13.0 Å². The van der Waals surface area contributed by atoms with Crippen LogP contribution in [0.2, 0.25) is 0 Å². The number of aromatic nitrogens is 1. The van der Waals surface area contributed by atoms with Crippen molar-refractivity contribution in [3.05, 3.63) is 46.5 Å². The number of nitrogens with one attached hydrogen (secondary N) is 2. The van der Waals surface area contributed by atoms with Crippen LogP contribution in [0.25, 0.3) is 0 Å². The Morgan fingerprint density at radius 1 is 1.20 bits per heavy atom. The first-order chi connectivity index (χ1) is 12.2.